The molecular weight excluding hydrogens is 126 g/mol. The first-order chi connectivity index (χ1) is 3.79. The van der Waals surface area contributed by atoms with Crippen molar-refractivity contribution in [2.75, 3.05) is 11.5 Å². The lowest BCUT2D eigenvalue weighted by Gasteiger charge is -2.07. The molecule has 2 amide bonds. The van der Waals surface area contributed by atoms with E-state index in [2.05, 4.69) is 5.32 Å². The summed E-state index contributed by atoms with van der Waals surface area (Å²) in [6, 6.07) is 0. The molecule has 1 aliphatic heterocycles. The van der Waals surface area contributed by atoms with E-state index < -0.39 is 0 Å². The Hall–Kier alpha value is -0.510. The highest BCUT2D eigenvalue weighted by molar-refractivity contribution is 8.00. The molecule has 3 nitrogen and oxygen atoms in total. The molecule has 1 N–H and O–H groups in total. The van der Waals surface area contributed by atoms with E-state index in [0.29, 0.717) is 11.5 Å². The number of carbonyl (C=O) groups is 2. The van der Waals surface area contributed by atoms with Gasteiger partial charge in [0.15, 0.2) is 0 Å². The summed E-state index contributed by atoms with van der Waals surface area (Å²) in [5, 5.41) is 2.18. The third-order valence-electron chi connectivity index (χ3n) is 0.745. The van der Waals surface area contributed by atoms with Gasteiger partial charge in [-0.05, 0) is 0 Å². The predicted octanol–water partition coefficient (Wildman–Crippen LogP) is -0.624. The smallest absolute Gasteiger partial charge is 0.236 e. The molecule has 0 aromatic carbocycles. The van der Waals surface area contributed by atoms with Crippen molar-refractivity contribution in [3.8, 4) is 0 Å². The Kier molecular flexibility index (Phi) is 1.53. The van der Waals surface area contributed by atoms with Gasteiger partial charge in [0.2, 0.25) is 11.8 Å². The average Bonchev–Trinajstić information content (AvgIpc) is 1.64. The maximum Gasteiger partial charge on any atom is 0.236 e. The zero-order chi connectivity index (χ0) is 5.98. The number of hydrogen-bond donors (Lipinski definition) is 1. The number of imide groups is 1. The number of thioether (sulfide) groups is 1. The topological polar surface area (TPSA) is 46.2 Å². The van der Waals surface area contributed by atoms with Crippen molar-refractivity contribution in [2.45, 2.75) is 0 Å². The summed E-state index contributed by atoms with van der Waals surface area (Å²) in [5.74, 6) is 0.495. The summed E-state index contributed by atoms with van der Waals surface area (Å²) in [6.07, 6.45) is 0. The molecule has 44 valence electrons. The van der Waals surface area contributed by atoms with Crippen molar-refractivity contribution in [3.63, 3.8) is 0 Å². The SMILES string of the molecule is O=C1CSCC(=O)N1. The minimum absolute atomic E-state index is 0.175. The minimum atomic E-state index is -0.175. The van der Waals surface area contributed by atoms with Crippen LogP contribution in [0.4, 0.5) is 0 Å². The number of carbonyl (C=O) groups excluding carboxylic acids is 2. The van der Waals surface area contributed by atoms with Crippen molar-refractivity contribution in [1.82, 2.24) is 5.32 Å². The van der Waals surface area contributed by atoms with Crippen LogP contribution in [0.1, 0.15) is 0 Å². The van der Waals surface area contributed by atoms with Gasteiger partial charge in [0.25, 0.3) is 0 Å². The first-order valence-corrected chi connectivity index (χ1v) is 3.35. The lowest BCUT2D eigenvalue weighted by atomic mass is 10.6. The Morgan fingerprint density at radius 1 is 1.25 bits per heavy atom. The molecule has 0 aromatic heterocycles. The third kappa shape index (κ3) is 1.23. The fourth-order valence-corrected chi connectivity index (χ4v) is 1.08. The molecule has 0 unspecified atom stereocenters. The van der Waals surface area contributed by atoms with Crippen LogP contribution in [0.15, 0.2) is 0 Å². The van der Waals surface area contributed by atoms with Crippen LogP contribution in [0.3, 0.4) is 0 Å². The highest BCUT2D eigenvalue weighted by atomic mass is 32.2. The van der Waals surface area contributed by atoms with E-state index in [1.165, 1.54) is 11.8 Å². The largest absolute Gasteiger partial charge is 0.295 e. The summed E-state index contributed by atoms with van der Waals surface area (Å²) in [6.45, 7) is 0. The highest BCUT2D eigenvalue weighted by Gasteiger charge is 2.13. The van der Waals surface area contributed by atoms with Crippen LogP contribution in [0.2, 0.25) is 0 Å². The molecule has 0 saturated carbocycles. The van der Waals surface area contributed by atoms with Crippen molar-refractivity contribution in [3.05, 3.63) is 0 Å². The zero-order valence-corrected chi connectivity index (χ0v) is 4.96. The predicted molar refractivity (Wildman–Crippen MR) is 30.5 cm³/mol. The molecule has 4 heteroatoms. The monoisotopic (exact) mass is 131 g/mol. The fourth-order valence-electron chi connectivity index (χ4n) is 0.464. The van der Waals surface area contributed by atoms with Crippen molar-refractivity contribution in [1.29, 1.82) is 0 Å². The second-order valence-electron chi connectivity index (χ2n) is 1.46. The maximum atomic E-state index is 10.3. The molecule has 0 spiro atoms. The lowest BCUT2D eigenvalue weighted by Crippen LogP contribution is -2.37. The summed E-state index contributed by atoms with van der Waals surface area (Å²) in [4.78, 5) is 20.6. The van der Waals surface area contributed by atoms with Crippen molar-refractivity contribution in [2.24, 2.45) is 0 Å². The second kappa shape index (κ2) is 2.17. The standard InChI is InChI=1S/C4H5NO2S/c6-3-1-8-2-4(7)5-3/h1-2H2,(H,5,6,7). The Balaban J connectivity index is 2.45. The van der Waals surface area contributed by atoms with Crippen molar-refractivity contribution >= 4 is 23.6 Å². The van der Waals surface area contributed by atoms with Gasteiger partial charge in [-0.2, -0.15) is 0 Å². The molecular formula is C4H5NO2S. The number of amides is 2. The van der Waals surface area contributed by atoms with Crippen LogP contribution in [0.25, 0.3) is 0 Å². The van der Waals surface area contributed by atoms with Gasteiger partial charge in [-0.3, -0.25) is 14.9 Å². The van der Waals surface area contributed by atoms with Gasteiger partial charge in [0.1, 0.15) is 0 Å². The quantitative estimate of drug-likeness (QED) is 0.445. The molecule has 1 saturated heterocycles. The van der Waals surface area contributed by atoms with Crippen LogP contribution >= 0.6 is 11.8 Å². The molecule has 0 bridgehead atoms. The van der Waals surface area contributed by atoms with E-state index in [1.807, 2.05) is 0 Å². The Morgan fingerprint density at radius 3 is 2.00 bits per heavy atom. The highest BCUT2D eigenvalue weighted by Crippen LogP contribution is 2.02. The van der Waals surface area contributed by atoms with Gasteiger partial charge in [-0.1, -0.05) is 0 Å². The van der Waals surface area contributed by atoms with Gasteiger partial charge in [0, 0.05) is 0 Å². The third-order valence-corrected chi connectivity index (χ3v) is 1.68. The van der Waals surface area contributed by atoms with Gasteiger partial charge >= 0.3 is 0 Å². The van der Waals surface area contributed by atoms with Crippen LogP contribution in [0.5, 0.6) is 0 Å². The summed E-state index contributed by atoms with van der Waals surface area (Å²) >= 11 is 1.35. The Morgan fingerprint density at radius 2 is 1.75 bits per heavy atom. The van der Waals surface area contributed by atoms with Gasteiger partial charge < -0.3 is 0 Å². The molecule has 1 fully saturated rings. The minimum Gasteiger partial charge on any atom is -0.295 e. The van der Waals surface area contributed by atoms with Crippen LogP contribution in [0, 0.1) is 0 Å². The van der Waals surface area contributed by atoms with Crippen LogP contribution in [-0.2, 0) is 9.59 Å². The molecule has 1 aliphatic rings. The van der Waals surface area contributed by atoms with E-state index in [0.717, 1.165) is 0 Å². The molecule has 0 radical (unpaired) electrons. The van der Waals surface area contributed by atoms with E-state index in [1.54, 1.807) is 0 Å². The van der Waals surface area contributed by atoms with Crippen LogP contribution in [-0.4, -0.2) is 23.3 Å². The normalized spacial score (nSPS) is 20.5. The molecule has 1 heterocycles. The first-order valence-electron chi connectivity index (χ1n) is 2.19. The van der Waals surface area contributed by atoms with E-state index in [4.69, 9.17) is 0 Å². The molecule has 0 atom stereocenters. The maximum absolute atomic E-state index is 10.3. The van der Waals surface area contributed by atoms with Gasteiger partial charge in [-0.25, -0.2) is 0 Å². The average molecular weight is 131 g/mol. The lowest BCUT2D eigenvalue weighted by molar-refractivity contribution is -0.128. The van der Waals surface area contributed by atoms with Gasteiger partial charge in [0.05, 0.1) is 11.5 Å². The number of hydrogen-bond acceptors (Lipinski definition) is 3. The molecule has 8 heavy (non-hydrogen) atoms. The van der Waals surface area contributed by atoms with E-state index in [9.17, 15) is 9.59 Å². The van der Waals surface area contributed by atoms with E-state index >= 15 is 0 Å². The Labute approximate surface area is 50.8 Å². The number of rotatable bonds is 0. The number of nitrogens with one attached hydrogen (secondary N) is 1. The molecule has 1 rings (SSSR count). The molecule has 0 aliphatic carbocycles. The van der Waals surface area contributed by atoms with Gasteiger partial charge in [-0.15, -0.1) is 11.8 Å². The second-order valence-corrected chi connectivity index (χ2v) is 2.45. The first kappa shape index (κ1) is 5.62. The van der Waals surface area contributed by atoms with Crippen molar-refractivity contribution < 1.29 is 9.59 Å². The van der Waals surface area contributed by atoms with E-state index in [-0.39, 0.29) is 11.8 Å². The summed E-state index contributed by atoms with van der Waals surface area (Å²) < 4.78 is 0. The summed E-state index contributed by atoms with van der Waals surface area (Å²) in [5.41, 5.74) is 0. The Bertz CT molecular complexity index is 120. The fraction of sp³-hybridized carbons (Fsp3) is 0.500. The van der Waals surface area contributed by atoms with Crippen LogP contribution < -0.4 is 5.32 Å². The molecule has 0 aromatic rings. The zero-order valence-electron chi connectivity index (χ0n) is 4.14. The summed E-state index contributed by atoms with van der Waals surface area (Å²) in [7, 11) is 0.